The highest BCUT2D eigenvalue weighted by atomic mass is 16.8. The number of imidazole rings is 1. The summed E-state index contributed by atoms with van der Waals surface area (Å²) >= 11 is 0. The van der Waals surface area contributed by atoms with Crippen LogP contribution in [0.3, 0.4) is 0 Å². The molecule has 0 spiro atoms. The summed E-state index contributed by atoms with van der Waals surface area (Å²) in [6.45, 7) is 3.50. The number of anilines is 1. The van der Waals surface area contributed by atoms with E-state index in [1.54, 1.807) is 18.4 Å². The molecule has 2 unspecified atom stereocenters. The lowest BCUT2D eigenvalue weighted by Gasteiger charge is -2.22. The summed E-state index contributed by atoms with van der Waals surface area (Å²) in [5, 5.41) is 0. The third kappa shape index (κ3) is 1.71. The molecular weight excluding hydrogens is 278 g/mol. The largest absolute Gasteiger partial charge is 0.436 e. The van der Waals surface area contributed by atoms with E-state index < -0.39 is 30.2 Å². The fraction of sp³-hybridized carbons (Fsp3) is 0.500. The van der Waals surface area contributed by atoms with Crippen LogP contribution in [0, 0.1) is 0 Å². The summed E-state index contributed by atoms with van der Waals surface area (Å²) in [5.41, 5.74) is 6.69. The van der Waals surface area contributed by atoms with Gasteiger partial charge < -0.3 is 19.9 Å². The van der Waals surface area contributed by atoms with Gasteiger partial charge in [0.2, 0.25) is 6.23 Å². The van der Waals surface area contributed by atoms with E-state index in [1.807, 2.05) is 0 Å². The van der Waals surface area contributed by atoms with Crippen molar-refractivity contribution in [1.29, 1.82) is 0 Å². The van der Waals surface area contributed by atoms with Gasteiger partial charge in [-0.05, 0) is 13.8 Å². The van der Waals surface area contributed by atoms with E-state index in [9.17, 15) is 4.79 Å². The van der Waals surface area contributed by atoms with Crippen molar-refractivity contribution in [2.45, 2.75) is 38.1 Å². The fourth-order valence-corrected chi connectivity index (χ4v) is 2.70. The van der Waals surface area contributed by atoms with Crippen molar-refractivity contribution < 1.29 is 19.0 Å². The van der Waals surface area contributed by atoms with Crippen molar-refractivity contribution >= 4 is 23.0 Å². The summed E-state index contributed by atoms with van der Waals surface area (Å²) < 4.78 is 18.3. The second kappa shape index (κ2) is 3.89. The minimum atomic E-state index is -0.836. The normalized spacial score (nSPS) is 30.6. The number of nitrogens with two attached hydrogens (primary N) is 1. The zero-order valence-electron chi connectivity index (χ0n) is 11.4. The summed E-state index contributed by atoms with van der Waals surface area (Å²) in [6, 6.07) is 0. The maximum absolute atomic E-state index is 11.9. The average Bonchev–Trinajstić information content (AvgIpc) is 3.04. The van der Waals surface area contributed by atoms with Crippen molar-refractivity contribution in [3.63, 3.8) is 0 Å². The summed E-state index contributed by atoms with van der Waals surface area (Å²) in [4.78, 5) is 24.1. The van der Waals surface area contributed by atoms with Crippen LogP contribution in [0.4, 0.5) is 5.82 Å². The Morgan fingerprint density at radius 1 is 1.29 bits per heavy atom. The highest BCUT2D eigenvalue weighted by Crippen LogP contribution is 2.41. The number of carbonyl (C=O) groups is 1. The molecule has 9 heteroatoms. The van der Waals surface area contributed by atoms with Gasteiger partial charge in [-0.2, -0.15) is 0 Å². The van der Waals surface area contributed by atoms with Gasteiger partial charge >= 0.3 is 5.97 Å². The fourth-order valence-electron chi connectivity index (χ4n) is 2.70. The molecule has 2 saturated heterocycles. The Morgan fingerprint density at radius 2 is 2.10 bits per heavy atom. The molecule has 0 bridgehead atoms. The second-order valence-corrected chi connectivity index (χ2v) is 5.43. The number of hydrogen-bond acceptors (Lipinski definition) is 8. The van der Waals surface area contributed by atoms with Gasteiger partial charge in [0.1, 0.15) is 18.2 Å². The molecule has 21 heavy (non-hydrogen) atoms. The van der Waals surface area contributed by atoms with Crippen LogP contribution in [0.5, 0.6) is 0 Å². The molecule has 0 amide bonds. The predicted molar refractivity (Wildman–Crippen MR) is 68.7 cm³/mol. The molecule has 2 aliphatic heterocycles. The number of esters is 1. The molecule has 2 N–H and O–H groups in total. The number of carbonyl (C=O) groups excluding carboxylic acids is 1. The molecule has 4 heterocycles. The van der Waals surface area contributed by atoms with E-state index in [0.29, 0.717) is 11.2 Å². The average molecular weight is 291 g/mol. The van der Waals surface area contributed by atoms with Gasteiger partial charge in [0.15, 0.2) is 29.5 Å². The Balaban J connectivity index is 1.79. The molecule has 2 aliphatic rings. The molecule has 0 aliphatic carbocycles. The Kier molecular flexibility index (Phi) is 2.31. The minimum absolute atomic E-state index is 0.267. The lowest BCUT2D eigenvalue weighted by molar-refractivity contribution is -0.192. The van der Waals surface area contributed by atoms with E-state index in [4.69, 9.17) is 19.9 Å². The number of rotatable bonds is 1. The standard InChI is InChI=1S/C12H13N5O4/c1-12(2)20-6-7(21-12)11(18)19-10(6)17-4-16-5-8(13)14-3-15-9(5)17/h3-4,6-7,10H,1-2H3,(H2,13,14,15)/t6?,7?,10-/m1/s1. The maximum atomic E-state index is 11.9. The third-order valence-corrected chi connectivity index (χ3v) is 3.54. The van der Waals surface area contributed by atoms with Gasteiger partial charge in [-0.3, -0.25) is 4.57 Å². The molecule has 2 fully saturated rings. The highest BCUT2D eigenvalue weighted by Gasteiger charge is 2.57. The Labute approximate surface area is 119 Å². The van der Waals surface area contributed by atoms with Crippen LogP contribution in [0.15, 0.2) is 12.7 Å². The van der Waals surface area contributed by atoms with Gasteiger partial charge in [0, 0.05) is 0 Å². The van der Waals surface area contributed by atoms with E-state index in [2.05, 4.69) is 15.0 Å². The molecule has 2 aromatic heterocycles. The van der Waals surface area contributed by atoms with Crippen LogP contribution in [0.25, 0.3) is 11.2 Å². The zero-order valence-corrected chi connectivity index (χ0v) is 11.4. The first-order valence-electron chi connectivity index (χ1n) is 6.45. The second-order valence-electron chi connectivity index (χ2n) is 5.43. The number of hydrogen-bond donors (Lipinski definition) is 1. The zero-order chi connectivity index (χ0) is 14.8. The lowest BCUT2D eigenvalue weighted by Crippen LogP contribution is -2.27. The smallest absolute Gasteiger partial charge is 0.340 e. The highest BCUT2D eigenvalue weighted by molar-refractivity contribution is 5.82. The van der Waals surface area contributed by atoms with Crippen molar-refractivity contribution in [2.24, 2.45) is 0 Å². The number of nitrogen functional groups attached to an aromatic ring is 1. The predicted octanol–water partition coefficient (Wildman–Crippen LogP) is -0.0160. The molecular formula is C12H13N5O4. The van der Waals surface area contributed by atoms with Crippen molar-refractivity contribution in [1.82, 2.24) is 19.5 Å². The first-order chi connectivity index (χ1) is 9.96. The van der Waals surface area contributed by atoms with E-state index in [-0.39, 0.29) is 5.82 Å². The van der Waals surface area contributed by atoms with Crippen LogP contribution in [0.1, 0.15) is 20.1 Å². The minimum Gasteiger partial charge on any atom is -0.436 e. The van der Waals surface area contributed by atoms with Gasteiger partial charge in [0.05, 0.1) is 0 Å². The number of ether oxygens (including phenoxy) is 3. The lowest BCUT2D eigenvalue weighted by atomic mass is 10.2. The summed E-state index contributed by atoms with van der Waals surface area (Å²) in [7, 11) is 0. The van der Waals surface area contributed by atoms with Crippen molar-refractivity contribution in [3.05, 3.63) is 12.7 Å². The van der Waals surface area contributed by atoms with E-state index in [1.165, 1.54) is 12.7 Å². The van der Waals surface area contributed by atoms with E-state index in [0.717, 1.165) is 0 Å². The van der Waals surface area contributed by atoms with E-state index >= 15 is 0 Å². The summed E-state index contributed by atoms with van der Waals surface area (Å²) in [5.74, 6) is -1.03. The number of aromatic nitrogens is 4. The number of nitrogens with zero attached hydrogens (tertiary/aromatic N) is 4. The van der Waals surface area contributed by atoms with Crippen molar-refractivity contribution in [3.8, 4) is 0 Å². The molecule has 0 saturated carbocycles. The summed E-state index contributed by atoms with van der Waals surface area (Å²) in [6.07, 6.45) is 0.844. The van der Waals surface area contributed by atoms with Gasteiger partial charge in [-0.1, -0.05) is 0 Å². The first-order valence-corrected chi connectivity index (χ1v) is 6.45. The molecule has 9 nitrogen and oxygen atoms in total. The Morgan fingerprint density at radius 3 is 2.90 bits per heavy atom. The monoisotopic (exact) mass is 291 g/mol. The Hall–Kier alpha value is -2.26. The maximum Gasteiger partial charge on any atom is 0.340 e. The molecule has 0 aromatic carbocycles. The number of cyclic esters (lactones) is 1. The SMILES string of the molecule is CC1(C)OC2C(=O)O[C@@H](n3cnc4c(N)ncnc43)C2O1. The Bertz CT molecular complexity index is 742. The molecule has 2 aromatic rings. The van der Waals surface area contributed by atoms with Crippen LogP contribution >= 0.6 is 0 Å². The quantitative estimate of drug-likeness (QED) is 0.729. The van der Waals surface area contributed by atoms with Crippen LogP contribution in [-0.4, -0.2) is 43.5 Å². The van der Waals surface area contributed by atoms with Crippen LogP contribution < -0.4 is 5.73 Å². The molecule has 110 valence electrons. The van der Waals surface area contributed by atoms with Crippen molar-refractivity contribution in [2.75, 3.05) is 5.73 Å². The molecule has 3 atom stereocenters. The first kappa shape index (κ1) is 12.5. The third-order valence-electron chi connectivity index (χ3n) is 3.54. The topological polar surface area (TPSA) is 114 Å². The van der Waals surface area contributed by atoms with Gasteiger partial charge in [-0.15, -0.1) is 0 Å². The van der Waals surface area contributed by atoms with Crippen LogP contribution in [0.2, 0.25) is 0 Å². The molecule has 0 radical (unpaired) electrons. The number of fused-ring (bicyclic) bond motifs is 2. The van der Waals surface area contributed by atoms with Gasteiger partial charge in [0.25, 0.3) is 0 Å². The molecule has 4 rings (SSSR count). The van der Waals surface area contributed by atoms with Crippen LogP contribution in [-0.2, 0) is 19.0 Å². The van der Waals surface area contributed by atoms with Gasteiger partial charge in [-0.25, -0.2) is 19.7 Å².